The van der Waals surface area contributed by atoms with Gasteiger partial charge in [0, 0.05) is 37.8 Å². The molecule has 32 heavy (non-hydrogen) atoms. The zero-order chi connectivity index (χ0) is 22.5. The first kappa shape index (κ1) is 21.7. The lowest BCUT2D eigenvalue weighted by Gasteiger charge is -2.37. The van der Waals surface area contributed by atoms with E-state index < -0.39 is 0 Å². The van der Waals surface area contributed by atoms with E-state index in [1.807, 2.05) is 73.9 Å². The molecule has 4 rings (SSSR count). The highest BCUT2D eigenvalue weighted by Gasteiger charge is 2.37. The van der Waals surface area contributed by atoms with Gasteiger partial charge in [0.05, 0.1) is 23.7 Å². The van der Waals surface area contributed by atoms with E-state index in [9.17, 15) is 10.1 Å². The lowest BCUT2D eigenvalue weighted by atomic mass is 9.81. The first-order valence-corrected chi connectivity index (χ1v) is 10.9. The minimum Gasteiger partial charge on any atom is -0.336 e. The van der Waals surface area contributed by atoms with Gasteiger partial charge >= 0.3 is 0 Å². The van der Waals surface area contributed by atoms with Gasteiger partial charge < -0.3 is 4.90 Å². The molecule has 1 aliphatic heterocycles. The first-order chi connectivity index (χ1) is 15.6. The Labute approximate surface area is 189 Å². The van der Waals surface area contributed by atoms with Gasteiger partial charge in [-0.3, -0.25) is 19.7 Å². The number of nitriles is 1. The van der Waals surface area contributed by atoms with Gasteiger partial charge in [0.25, 0.3) is 0 Å². The summed E-state index contributed by atoms with van der Waals surface area (Å²) in [4.78, 5) is 26.4. The lowest BCUT2D eigenvalue weighted by molar-refractivity contribution is -0.136. The molecule has 0 saturated carbocycles. The summed E-state index contributed by atoms with van der Waals surface area (Å²) in [5.41, 5.74) is 3.47. The number of likely N-dealkylation sites (tertiary alicyclic amines) is 1. The Kier molecular flexibility index (Phi) is 6.58. The standard InChI is InChI=1S/C26H27N5O/c1-30-14-6-11-23(30)26(32)31(2)25(20-8-3-7-19(15-20)16-27)24(21-9-4-12-28-17-21)22-10-5-13-29-18-22/h3-5,7-10,12-13,15,17-18,23-25H,6,11,14H2,1-2H3/t23-,25?/m0/s1. The lowest BCUT2D eigenvalue weighted by Crippen LogP contribution is -2.45. The third kappa shape index (κ3) is 4.39. The Bertz CT molecular complexity index is 1060. The summed E-state index contributed by atoms with van der Waals surface area (Å²) in [6.45, 7) is 0.924. The predicted octanol–water partition coefficient (Wildman–Crippen LogP) is 3.77. The van der Waals surface area contributed by atoms with Crippen LogP contribution in [0.2, 0.25) is 0 Å². The van der Waals surface area contributed by atoms with Gasteiger partial charge in [0.1, 0.15) is 0 Å². The number of hydrogen-bond donors (Lipinski definition) is 0. The highest BCUT2D eigenvalue weighted by molar-refractivity contribution is 5.82. The Morgan fingerprint density at radius 3 is 2.28 bits per heavy atom. The molecule has 6 heteroatoms. The van der Waals surface area contributed by atoms with Gasteiger partial charge in [-0.1, -0.05) is 24.3 Å². The maximum absolute atomic E-state index is 13.7. The molecule has 1 aliphatic rings. The topological polar surface area (TPSA) is 73.1 Å². The minimum atomic E-state index is -0.321. The van der Waals surface area contributed by atoms with Gasteiger partial charge in [-0.15, -0.1) is 0 Å². The molecule has 2 aromatic heterocycles. The van der Waals surface area contributed by atoms with E-state index in [1.54, 1.807) is 18.5 Å². The maximum atomic E-state index is 13.7. The number of carbonyl (C=O) groups excluding carboxylic acids is 1. The van der Waals surface area contributed by atoms with E-state index >= 15 is 0 Å². The second-order valence-corrected chi connectivity index (χ2v) is 8.32. The Hall–Kier alpha value is -3.56. The van der Waals surface area contributed by atoms with Crippen molar-refractivity contribution >= 4 is 5.91 Å². The summed E-state index contributed by atoms with van der Waals surface area (Å²) in [5.74, 6) is -0.0952. The number of likely N-dealkylation sites (N-methyl/N-ethyl adjacent to an activating group) is 2. The van der Waals surface area contributed by atoms with Crippen molar-refractivity contribution in [2.24, 2.45) is 0 Å². The molecule has 1 saturated heterocycles. The fourth-order valence-electron chi connectivity index (χ4n) is 4.70. The molecule has 1 aromatic carbocycles. The fourth-order valence-corrected chi connectivity index (χ4v) is 4.70. The molecule has 0 radical (unpaired) electrons. The van der Waals surface area contributed by atoms with Crippen molar-refractivity contribution in [3.05, 3.63) is 95.6 Å². The summed E-state index contributed by atoms with van der Waals surface area (Å²) in [6.07, 6.45) is 9.06. The molecule has 2 atom stereocenters. The highest BCUT2D eigenvalue weighted by atomic mass is 16.2. The zero-order valence-corrected chi connectivity index (χ0v) is 18.4. The molecule has 0 aliphatic carbocycles. The number of pyridine rings is 2. The number of nitrogens with zero attached hydrogens (tertiary/aromatic N) is 5. The molecule has 1 unspecified atom stereocenters. The zero-order valence-electron chi connectivity index (χ0n) is 18.4. The fraction of sp³-hybridized carbons (Fsp3) is 0.308. The number of carbonyl (C=O) groups is 1. The van der Waals surface area contributed by atoms with Crippen LogP contribution in [0.25, 0.3) is 0 Å². The third-order valence-corrected chi connectivity index (χ3v) is 6.33. The van der Waals surface area contributed by atoms with E-state index in [2.05, 4.69) is 20.9 Å². The predicted molar refractivity (Wildman–Crippen MR) is 123 cm³/mol. The molecular formula is C26H27N5O. The van der Waals surface area contributed by atoms with Crippen LogP contribution in [0.15, 0.2) is 73.3 Å². The molecule has 162 valence electrons. The molecule has 0 bridgehead atoms. The number of benzene rings is 1. The van der Waals surface area contributed by atoms with Gasteiger partial charge in [-0.25, -0.2) is 0 Å². The quantitative estimate of drug-likeness (QED) is 0.601. The van der Waals surface area contributed by atoms with Crippen LogP contribution >= 0.6 is 0 Å². The van der Waals surface area contributed by atoms with Gasteiger partial charge in [0.15, 0.2) is 0 Å². The Balaban J connectivity index is 1.86. The second kappa shape index (κ2) is 9.71. The van der Waals surface area contributed by atoms with Crippen molar-refractivity contribution in [3.8, 4) is 6.07 Å². The van der Waals surface area contributed by atoms with Crippen molar-refractivity contribution in [2.45, 2.75) is 30.8 Å². The smallest absolute Gasteiger partial charge is 0.240 e. The Morgan fingerprint density at radius 1 is 1.09 bits per heavy atom. The van der Waals surface area contributed by atoms with Gasteiger partial charge in [-0.2, -0.15) is 5.26 Å². The van der Waals surface area contributed by atoms with E-state index in [4.69, 9.17) is 0 Å². The van der Waals surface area contributed by atoms with Crippen LogP contribution < -0.4 is 0 Å². The number of rotatable bonds is 6. The highest BCUT2D eigenvalue weighted by Crippen LogP contribution is 2.40. The van der Waals surface area contributed by atoms with E-state index in [1.165, 1.54) is 0 Å². The summed E-state index contributed by atoms with van der Waals surface area (Å²) >= 11 is 0. The van der Waals surface area contributed by atoms with Crippen LogP contribution in [0.5, 0.6) is 0 Å². The van der Waals surface area contributed by atoms with Crippen LogP contribution in [-0.4, -0.2) is 52.4 Å². The molecule has 1 fully saturated rings. The maximum Gasteiger partial charge on any atom is 0.240 e. The molecule has 0 N–H and O–H groups in total. The number of amides is 1. The summed E-state index contributed by atoms with van der Waals surface area (Å²) in [6, 6.07) is 17.2. The SMILES string of the molecule is CN(C(=O)[C@@H]1CCCN1C)C(c1cccc(C#N)c1)C(c1cccnc1)c1cccnc1. The van der Waals surface area contributed by atoms with E-state index in [0.717, 1.165) is 36.1 Å². The largest absolute Gasteiger partial charge is 0.336 e. The van der Waals surface area contributed by atoms with Crippen molar-refractivity contribution in [3.63, 3.8) is 0 Å². The molecular weight excluding hydrogens is 398 g/mol. The summed E-state index contributed by atoms with van der Waals surface area (Å²) < 4.78 is 0. The first-order valence-electron chi connectivity index (χ1n) is 10.9. The number of aromatic nitrogens is 2. The third-order valence-electron chi connectivity index (χ3n) is 6.33. The van der Waals surface area contributed by atoms with E-state index in [0.29, 0.717) is 5.56 Å². The number of hydrogen-bond acceptors (Lipinski definition) is 5. The average Bonchev–Trinajstić information content (AvgIpc) is 3.28. The normalized spacial score (nSPS) is 17.1. The summed E-state index contributed by atoms with van der Waals surface area (Å²) in [5, 5.41) is 9.51. The molecule has 1 amide bonds. The van der Waals surface area contributed by atoms with Crippen molar-refractivity contribution < 1.29 is 4.79 Å². The van der Waals surface area contributed by atoms with Crippen LogP contribution in [0, 0.1) is 11.3 Å². The Morgan fingerprint density at radius 2 is 1.75 bits per heavy atom. The van der Waals surface area contributed by atoms with Crippen LogP contribution in [0.3, 0.4) is 0 Å². The van der Waals surface area contributed by atoms with Crippen molar-refractivity contribution in [1.29, 1.82) is 5.26 Å². The van der Waals surface area contributed by atoms with Crippen LogP contribution in [0.4, 0.5) is 0 Å². The van der Waals surface area contributed by atoms with Crippen LogP contribution in [-0.2, 0) is 4.79 Å². The molecule has 3 aromatic rings. The molecule has 3 heterocycles. The van der Waals surface area contributed by atoms with Gasteiger partial charge in [-0.05, 0) is 67.4 Å². The van der Waals surface area contributed by atoms with Crippen molar-refractivity contribution in [2.75, 3.05) is 20.6 Å². The minimum absolute atomic E-state index is 0.0927. The second-order valence-electron chi connectivity index (χ2n) is 8.32. The van der Waals surface area contributed by atoms with Crippen molar-refractivity contribution in [1.82, 2.24) is 19.8 Å². The monoisotopic (exact) mass is 425 g/mol. The molecule has 0 spiro atoms. The average molecular weight is 426 g/mol. The van der Waals surface area contributed by atoms with Crippen LogP contribution in [0.1, 0.15) is 47.1 Å². The van der Waals surface area contributed by atoms with E-state index in [-0.39, 0.29) is 23.9 Å². The molecule has 6 nitrogen and oxygen atoms in total. The summed E-state index contributed by atoms with van der Waals surface area (Å²) in [7, 11) is 3.88. The van der Waals surface area contributed by atoms with Gasteiger partial charge in [0.2, 0.25) is 5.91 Å².